The number of carbonyl (C=O) groups is 3. The van der Waals surface area contributed by atoms with Crippen molar-refractivity contribution in [2.24, 2.45) is 5.92 Å². The van der Waals surface area contributed by atoms with Crippen molar-refractivity contribution in [3.05, 3.63) is 24.3 Å². The van der Waals surface area contributed by atoms with Crippen LogP contribution in [0.1, 0.15) is 19.8 Å². The Morgan fingerprint density at radius 3 is 2.27 bits per heavy atom. The molecule has 2 heterocycles. The highest BCUT2D eigenvalue weighted by atomic mass is 16.5. The molecule has 0 aromatic heterocycles. The molecule has 0 aliphatic carbocycles. The minimum absolute atomic E-state index is 0.0120. The topological polar surface area (TPSA) is 70.2 Å². The molecule has 26 heavy (non-hydrogen) atoms. The Hall–Kier alpha value is -2.57. The van der Waals surface area contributed by atoms with Gasteiger partial charge in [0.15, 0.2) is 0 Å². The lowest BCUT2D eigenvalue weighted by Crippen LogP contribution is -2.52. The number of anilines is 1. The molecule has 140 valence electrons. The van der Waals surface area contributed by atoms with Gasteiger partial charge in [0.25, 0.3) is 0 Å². The summed E-state index contributed by atoms with van der Waals surface area (Å²) in [4.78, 5) is 42.2. The Bertz CT molecular complexity index is 681. The molecule has 7 heteroatoms. The molecule has 3 rings (SSSR count). The number of benzene rings is 1. The standard InChI is InChI=1S/C19H25N3O4/c1-3-17(23)20-8-10-21(11-9-20)19(25)14-12-18(24)22(13-14)15-4-6-16(26-2)7-5-15/h4-7,14H,3,8-13H2,1-2H3. The zero-order valence-electron chi connectivity index (χ0n) is 15.3. The van der Waals surface area contributed by atoms with Gasteiger partial charge in [0.2, 0.25) is 17.7 Å². The van der Waals surface area contributed by atoms with Gasteiger partial charge in [0.05, 0.1) is 13.0 Å². The average Bonchev–Trinajstić information content (AvgIpc) is 3.08. The highest BCUT2D eigenvalue weighted by molar-refractivity contribution is 6.00. The molecule has 0 N–H and O–H groups in total. The summed E-state index contributed by atoms with van der Waals surface area (Å²) < 4.78 is 5.14. The first-order valence-corrected chi connectivity index (χ1v) is 9.04. The van der Waals surface area contributed by atoms with Gasteiger partial charge in [-0.2, -0.15) is 0 Å². The Morgan fingerprint density at radius 1 is 1.08 bits per heavy atom. The van der Waals surface area contributed by atoms with Crippen LogP contribution in [0.4, 0.5) is 5.69 Å². The summed E-state index contributed by atoms with van der Waals surface area (Å²) in [6.07, 6.45) is 0.723. The third-order valence-electron chi connectivity index (χ3n) is 5.10. The summed E-state index contributed by atoms with van der Waals surface area (Å²) in [6, 6.07) is 7.28. The third kappa shape index (κ3) is 3.66. The normalized spacial score (nSPS) is 20.5. The van der Waals surface area contributed by atoms with Crippen LogP contribution in [-0.4, -0.2) is 67.4 Å². The fraction of sp³-hybridized carbons (Fsp3) is 0.526. The lowest BCUT2D eigenvalue weighted by atomic mass is 10.1. The second-order valence-corrected chi connectivity index (χ2v) is 6.66. The first-order valence-electron chi connectivity index (χ1n) is 9.04. The predicted octanol–water partition coefficient (Wildman–Crippen LogP) is 1.13. The van der Waals surface area contributed by atoms with Gasteiger partial charge in [-0.3, -0.25) is 14.4 Å². The summed E-state index contributed by atoms with van der Waals surface area (Å²) in [7, 11) is 1.60. The van der Waals surface area contributed by atoms with Crippen molar-refractivity contribution in [2.75, 3.05) is 44.7 Å². The molecular weight excluding hydrogens is 334 g/mol. The number of nitrogens with zero attached hydrogens (tertiary/aromatic N) is 3. The molecule has 3 amide bonds. The summed E-state index contributed by atoms with van der Waals surface area (Å²) in [5.41, 5.74) is 0.782. The Labute approximate surface area is 153 Å². The molecule has 1 atom stereocenters. The second-order valence-electron chi connectivity index (χ2n) is 6.66. The van der Waals surface area contributed by atoms with Crippen LogP contribution < -0.4 is 9.64 Å². The van der Waals surface area contributed by atoms with Gasteiger partial charge in [-0.25, -0.2) is 0 Å². The fourth-order valence-corrected chi connectivity index (χ4v) is 3.54. The van der Waals surface area contributed by atoms with Gasteiger partial charge in [-0.15, -0.1) is 0 Å². The van der Waals surface area contributed by atoms with E-state index in [1.54, 1.807) is 21.8 Å². The third-order valence-corrected chi connectivity index (χ3v) is 5.10. The van der Waals surface area contributed by atoms with Gasteiger partial charge >= 0.3 is 0 Å². The quantitative estimate of drug-likeness (QED) is 0.808. The lowest BCUT2D eigenvalue weighted by Gasteiger charge is -2.35. The van der Waals surface area contributed by atoms with Crippen molar-refractivity contribution in [2.45, 2.75) is 19.8 Å². The molecular formula is C19H25N3O4. The van der Waals surface area contributed by atoms with E-state index in [4.69, 9.17) is 4.74 Å². The number of amides is 3. The van der Waals surface area contributed by atoms with E-state index in [-0.39, 0.29) is 30.1 Å². The molecule has 2 saturated heterocycles. The number of rotatable bonds is 4. The van der Waals surface area contributed by atoms with Crippen LogP contribution in [0.2, 0.25) is 0 Å². The van der Waals surface area contributed by atoms with Crippen LogP contribution in [0, 0.1) is 5.92 Å². The molecule has 2 fully saturated rings. The van der Waals surface area contributed by atoms with E-state index < -0.39 is 0 Å². The molecule has 0 spiro atoms. The van der Waals surface area contributed by atoms with Gasteiger partial charge < -0.3 is 19.4 Å². The number of hydrogen-bond acceptors (Lipinski definition) is 4. The molecule has 2 aliphatic rings. The van der Waals surface area contributed by atoms with Crippen LogP contribution in [0.25, 0.3) is 0 Å². The number of piperazine rings is 1. The fourth-order valence-electron chi connectivity index (χ4n) is 3.54. The minimum Gasteiger partial charge on any atom is -0.497 e. The van der Waals surface area contributed by atoms with E-state index in [0.29, 0.717) is 39.1 Å². The van der Waals surface area contributed by atoms with Crippen molar-refractivity contribution in [1.82, 2.24) is 9.80 Å². The number of ether oxygens (including phenoxy) is 1. The van der Waals surface area contributed by atoms with E-state index in [9.17, 15) is 14.4 Å². The van der Waals surface area contributed by atoms with Gasteiger partial charge in [0.1, 0.15) is 5.75 Å². The van der Waals surface area contributed by atoms with E-state index in [1.165, 1.54) is 0 Å². The average molecular weight is 359 g/mol. The van der Waals surface area contributed by atoms with Crippen LogP contribution in [0.3, 0.4) is 0 Å². The van der Waals surface area contributed by atoms with Crippen LogP contribution in [-0.2, 0) is 14.4 Å². The summed E-state index contributed by atoms with van der Waals surface area (Å²) in [5, 5.41) is 0. The number of methoxy groups -OCH3 is 1. The second kappa shape index (κ2) is 7.76. The monoisotopic (exact) mass is 359 g/mol. The Kier molecular flexibility index (Phi) is 5.44. The maximum atomic E-state index is 12.8. The molecule has 0 bridgehead atoms. The highest BCUT2D eigenvalue weighted by Gasteiger charge is 2.38. The van der Waals surface area contributed by atoms with Crippen LogP contribution in [0.15, 0.2) is 24.3 Å². The lowest BCUT2D eigenvalue weighted by molar-refractivity contribution is -0.141. The smallest absolute Gasteiger partial charge is 0.228 e. The van der Waals surface area contributed by atoms with E-state index in [1.807, 2.05) is 31.2 Å². The van der Waals surface area contributed by atoms with Gasteiger partial charge in [-0.05, 0) is 24.3 Å². The van der Waals surface area contributed by atoms with Crippen molar-refractivity contribution < 1.29 is 19.1 Å². The largest absolute Gasteiger partial charge is 0.497 e. The van der Waals surface area contributed by atoms with Crippen molar-refractivity contribution >= 4 is 23.4 Å². The maximum absolute atomic E-state index is 12.8. The Balaban J connectivity index is 1.59. The number of hydrogen-bond donors (Lipinski definition) is 0. The van der Waals surface area contributed by atoms with Crippen LogP contribution >= 0.6 is 0 Å². The minimum atomic E-state index is -0.321. The van der Waals surface area contributed by atoms with Gasteiger partial charge in [-0.1, -0.05) is 6.92 Å². The van der Waals surface area contributed by atoms with Crippen molar-refractivity contribution in [3.8, 4) is 5.75 Å². The molecule has 1 unspecified atom stereocenters. The number of carbonyl (C=O) groups excluding carboxylic acids is 3. The SMILES string of the molecule is CCC(=O)N1CCN(C(=O)C2CC(=O)N(c3ccc(OC)cc3)C2)CC1. The van der Waals surface area contributed by atoms with Crippen LogP contribution in [0.5, 0.6) is 5.75 Å². The van der Waals surface area contributed by atoms with Crippen molar-refractivity contribution in [3.63, 3.8) is 0 Å². The van der Waals surface area contributed by atoms with E-state index in [0.717, 1.165) is 11.4 Å². The first kappa shape index (κ1) is 18.2. The maximum Gasteiger partial charge on any atom is 0.228 e. The summed E-state index contributed by atoms with van der Waals surface area (Å²) in [5.74, 6) is 0.510. The molecule has 0 saturated carbocycles. The predicted molar refractivity (Wildman–Crippen MR) is 96.9 cm³/mol. The van der Waals surface area contributed by atoms with E-state index in [2.05, 4.69) is 0 Å². The molecule has 7 nitrogen and oxygen atoms in total. The molecule has 2 aliphatic heterocycles. The summed E-state index contributed by atoms with van der Waals surface area (Å²) in [6.45, 7) is 4.47. The molecule has 1 aromatic rings. The van der Waals surface area contributed by atoms with Gasteiger partial charge in [0, 0.05) is 51.3 Å². The highest BCUT2D eigenvalue weighted by Crippen LogP contribution is 2.28. The Morgan fingerprint density at radius 2 is 1.69 bits per heavy atom. The van der Waals surface area contributed by atoms with E-state index >= 15 is 0 Å². The van der Waals surface area contributed by atoms with Crippen molar-refractivity contribution in [1.29, 1.82) is 0 Å². The zero-order valence-corrected chi connectivity index (χ0v) is 15.3. The first-order chi connectivity index (χ1) is 12.5. The summed E-state index contributed by atoms with van der Waals surface area (Å²) >= 11 is 0. The molecule has 1 aromatic carbocycles. The molecule has 0 radical (unpaired) electrons. The zero-order chi connectivity index (χ0) is 18.7.